The number of nitrogens with zero attached hydrogens (tertiary/aromatic N) is 2. The summed E-state index contributed by atoms with van der Waals surface area (Å²) in [6.07, 6.45) is 4.58. The van der Waals surface area contributed by atoms with Gasteiger partial charge in [0.15, 0.2) is 0 Å². The number of hydrogen-bond donors (Lipinski definition) is 2. The van der Waals surface area contributed by atoms with Crippen LogP contribution in [0.3, 0.4) is 0 Å². The van der Waals surface area contributed by atoms with Gasteiger partial charge in [-0.1, -0.05) is 44.0 Å². The summed E-state index contributed by atoms with van der Waals surface area (Å²) >= 11 is 0. The van der Waals surface area contributed by atoms with Crippen molar-refractivity contribution in [1.82, 2.24) is 15.6 Å². The first-order valence-electron chi connectivity index (χ1n) is 9.93. The summed E-state index contributed by atoms with van der Waals surface area (Å²) in [5.41, 5.74) is 4.47. The Balaban J connectivity index is 1.88. The van der Waals surface area contributed by atoms with Gasteiger partial charge in [-0.15, -0.1) is 0 Å². The van der Waals surface area contributed by atoms with Crippen molar-refractivity contribution in [2.24, 2.45) is 5.10 Å². The highest BCUT2D eigenvalue weighted by molar-refractivity contribution is 5.78. The molecule has 0 fully saturated rings. The zero-order valence-electron chi connectivity index (χ0n) is 17.3. The highest BCUT2D eigenvalue weighted by atomic mass is 16.6. The van der Waals surface area contributed by atoms with Gasteiger partial charge in [0.05, 0.1) is 6.04 Å². The van der Waals surface area contributed by atoms with Gasteiger partial charge in [0.1, 0.15) is 5.60 Å². The molecule has 0 saturated carbocycles. The van der Waals surface area contributed by atoms with Crippen molar-refractivity contribution in [3.63, 3.8) is 0 Å². The molecule has 0 saturated heterocycles. The SMILES string of the molecule is CCCC[C@@H](/C=N/NC(=O)N1CCc2ccccc2C1)NC(=O)OC(C)(C)C. The summed E-state index contributed by atoms with van der Waals surface area (Å²) in [6, 6.07) is 7.62. The van der Waals surface area contributed by atoms with Gasteiger partial charge in [0.25, 0.3) is 0 Å². The van der Waals surface area contributed by atoms with E-state index in [0.717, 1.165) is 25.7 Å². The normalized spacial score (nSPS) is 15.1. The highest BCUT2D eigenvalue weighted by Gasteiger charge is 2.21. The van der Waals surface area contributed by atoms with Gasteiger partial charge in [-0.05, 0) is 44.7 Å². The van der Waals surface area contributed by atoms with Crippen molar-refractivity contribution < 1.29 is 14.3 Å². The fraction of sp³-hybridized carbons (Fsp3) is 0.571. The lowest BCUT2D eigenvalue weighted by Crippen LogP contribution is -2.42. The smallest absolute Gasteiger partial charge is 0.408 e. The number of carbonyl (C=O) groups excluding carboxylic acids is 2. The lowest BCUT2D eigenvalue weighted by atomic mass is 10.0. The maximum Gasteiger partial charge on any atom is 0.408 e. The first kappa shape index (κ1) is 21.7. The quantitative estimate of drug-likeness (QED) is 0.574. The van der Waals surface area contributed by atoms with E-state index in [-0.39, 0.29) is 12.1 Å². The van der Waals surface area contributed by atoms with E-state index in [2.05, 4.69) is 28.8 Å². The lowest BCUT2D eigenvalue weighted by Gasteiger charge is -2.28. The van der Waals surface area contributed by atoms with Crippen molar-refractivity contribution in [3.05, 3.63) is 35.4 Å². The Morgan fingerprint density at radius 2 is 2.00 bits per heavy atom. The molecule has 2 rings (SSSR count). The molecule has 1 atom stereocenters. The average Bonchev–Trinajstić information content (AvgIpc) is 2.63. The number of urea groups is 1. The van der Waals surface area contributed by atoms with E-state index in [4.69, 9.17) is 4.74 Å². The molecule has 3 amide bonds. The number of alkyl carbamates (subject to hydrolysis) is 1. The Hall–Kier alpha value is -2.57. The predicted octanol–water partition coefficient (Wildman–Crippen LogP) is 3.82. The van der Waals surface area contributed by atoms with Gasteiger partial charge in [0, 0.05) is 19.3 Å². The Labute approximate surface area is 167 Å². The minimum atomic E-state index is -0.560. The third kappa shape index (κ3) is 7.21. The Kier molecular flexibility index (Phi) is 7.84. The Morgan fingerprint density at radius 1 is 1.29 bits per heavy atom. The number of nitrogens with one attached hydrogen (secondary N) is 2. The molecule has 0 aromatic heterocycles. The molecule has 0 unspecified atom stereocenters. The van der Waals surface area contributed by atoms with Crippen LogP contribution < -0.4 is 10.7 Å². The van der Waals surface area contributed by atoms with E-state index in [9.17, 15) is 9.59 Å². The Morgan fingerprint density at radius 3 is 2.68 bits per heavy atom. The van der Waals surface area contributed by atoms with E-state index >= 15 is 0 Å². The van der Waals surface area contributed by atoms with E-state index in [0.29, 0.717) is 13.1 Å². The number of unbranched alkanes of at least 4 members (excludes halogenated alkanes) is 1. The maximum absolute atomic E-state index is 12.4. The molecule has 0 radical (unpaired) electrons. The Bertz CT molecular complexity index is 697. The second-order valence-corrected chi connectivity index (χ2v) is 8.03. The minimum absolute atomic E-state index is 0.239. The predicted molar refractivity (Wildman–Crippen MR) is 110 cm³/mol. The summed E-state index contributed by atoms with van der Waals surface area (Å²) in [7, 11) is 0. The van der Waals surface area contributed by atoms with Crippen LogP contribution in [0.5, 0.6) is 0 Å². The molecule has 154 valence electrons. The number of amides is 3. The molecular formula is C21H32N4O3. The van der Waals surface area contributed by atoms with Crippen LogP contribution in [0.4, 0.5) is 9.59 Å². The van der Waals surface area contributed by atoms with Crippen LogP contribution >= 0.6 is 0 Å². The molecule has 7 heteroatoms. The maximum atomic E-state index is 12.4. The van der Waals surface area contributed by atoms with Crippen LogP contribution in [0.25, 0.3) is 0 Å². The second kappa shape index (κ2) is 10.1. The molecule has 1 aliphatic heterocycles. The van der Waals surface area contributed by atoms with E-state index in [1.807, 2.05) is 39.0 Å². The molecule has 1 heterocycles. The molecule has 0 spiro atoms. The average molecular weight is 389 g/mol. The summed E-state index contributed by atoms with van der Waals surface area (Å²) in [5, 5.41) is 6.87. The van der Waals surface area contributed by atoms with Crippen molar-refractivity contribution in [2.75, 3.05) is 6.54 Å². The van der Waals surface area contributed by atoms with Crippen LogP contribution in [-0.2, 0) is 17.7 Å². The number of rotatable bonds is 6. The molecule has 1 aromatic rings. The van der Waals surface area contributed by atoms with Gasteiger partial charge < -0.3 is 15.0 Å². The number of benzene rings is 1. The molecular weight excluding hydrogens is 356 g/mol. The molecule has 0 aliphatic carbocycles. The van der Waals surface area contributed by atoms with Gasteiger partial charge in [-0.25, -0.2) is 15.0 Å². The molecule has 1 aromatic carbocycles. The molecule has 0 bridgehead atoms. The van der Waals surface area contributed by atoms with Crippen LogP contribution in [0.1, 0.15) is 58.1 Å². The molecule has 7 nitrogen and oxygen atoms in total. The van der Waals surface area contributed by atoms with Gasteiger partial charge in [-0.2, -0.15) is 5.10 Å². The lowest BCUT2D eigenvalue weighted by molar-refractivity contribution is 0.0517. The van der Waals surface area contributed by atoms with Crippen molar-refractivity contribution in [1.29, 1.82) is 0 Å². The van der Waals surface area contributed by atoms with Crippen LogP contribution in [0.2, 0.25) is 0 Å². The molecule has 2 N–H and O–H groups in total. The van der Waals surface area contributed by atoms with Crippen LogP contribution in [-0.4, -0.2) is 41.4 Å². The van der Waals surface area contributed by atoms with E-state index in [1.165, 1.54) is 11.1 Å². The largest absolute Gasteiger partial charge is 0.444 e. The fourth-order valence-corrected chi connectivity index (χ4v) is 2.99. The van der Waals surface area contributed by atoms with Gasteiger partial charge >= 0.3 is 12.1 Å². The number of hydrogen-bond acceptors (Lipinski definition) is 4. The highest BCUT2D eigenvalue weighted by Crippen LogP contribution is 2.18. The zero-order valence-corrected chi connectivity index (χ0v) is 17.3. The summed E-state index contributed by atoms with van der Waals surface area (Å²) in [6.45, 7) is 8.77. The first-order chi connectivity index (χ1) is 13.3. The molecule has 1 aliphatic rings. The first-order valence-corrected chi connectivity index (χ1v) is 9.93. The van der Waals surface area contributed by atoms with E-state index in [1.54, 1.807) is 11.1 Å². The molecule has 28 heavy (non-hydrogen) atoms. The minimum Gasteiger partial charge on any atom is -0.444 e. The third-order valence-electron chi connectivity index (χ3n) is 4.40. The summed E-state index contributed by atoms with van der Waals surface area (Å²) in [5.74, 6) is 0. The number of hydrazone groups is 1. The monoisotopic (exact) mass is 388 g/mol. The number of ether oxygens (including phenoxy) is 1. The second-order valence-electron chi connectivity index (χ2n) is 8.03. The van der Waals surface area contributed by atoms with Crippen LogP contribution in [0.15, 0.2) is 29.4 Å². The number of carbonyl (C=O) groups is 2. The van der Waals surface area contributed by atoms with Gasteiger partial charge in [-0.3, -0.25) is 0 Å². The summed E-state index contributed by atoms with van der Waals surface area (Å²) < 4.78 is 5.30. The van der Waals surface area contributed by atoms with Crippen molar-refractivity contribution in [3.8, 4) is 0 Å². The fourth-order valence-electron chi connectivity index (χ4n) is 2.99. The standard InChI is InChI=1S/C21H32N4O3/c1-5-6-11-18(23-20(27)28-21(2,3)4)14-22-24-19(26)25-13-12-16-9-7-8-10-17(16)15-25/h7-10,14,18H,5-6,11-13,15H2,1-4H3,(H,23,27)(H,24,26)/b22-14+/t18-/m0/s1. The topological polar surface area (TPSA) is 83.0 Å². The van der Waals surface area contributed by atoms with Gasteiger partial charge in [0.2, 0.25) is 0 Å². The third-order valence-corrected chi connectivity index (χ3v) is 4.40. The van der Waals surface area contributed by atoms with Crippen LogP contribution in [0, 0.1) is 0 Å². The number of fused-ring (bicyclic) bond motifs is 1. The van der Waals surface area contributed by atoms with Crippen molar-refractivity contribution >= 4 is 18.3 Å². The van der Waals surface area contributed by atoms with Crippen molar-refractivity contribution in [2.45, 2.75) is 71.6 Å². The van der Waals surface area contributed by atoms with E-state index < -0.39 is 11.7 Å². The zero-order chi connectivity index (χ0) is 20.6. The summed E-state index contributed by atoms with van der Waals surface area (Å²) in [4.78, 5) is 26.1.